The predicted molar refractivity (Wildman–Crippen MR) is 89.9 cm³/mol. The van der Waals surface area contributed by atoms with Gasteiger partial charge in [-0.05, 0) is 69.1 Å². The van der Waals surface area contributed by atoms with Gasteiger partial charge in [-0.3, -0.25) is 25.2 Å². The van der Waals surface area contributed by atoms with Gasteiger partial charge in [-0.2, -0.15) is 0 Å². The van der Waals surface area contributed by atoms with Crippen molar-refractivity contribution in [3.8, 4) is 0 Å². The maximum absolute atomic E-state index is 12.8. The standard InChI is InChI=1S/C19H26N2O4/c22-16(14-3-1-2-4-15(14)17(23)24)20-21-18(25)19-8-11-5-12(9-19)7-13(6-11)10-19/h1-2,11-15H,3-10H2,(H,20,22)(H,21,25)(H,23,24)/t11?,12?,13?,14-,15-,19?/m0/s1. The quantitative estimate of drug-likeness (QED) is 0.538. The summed E-state index contributed by atoms with van der Waals surface area (Å²) in [5.41, 5.74) is 4.85. The summed E-state index contributed by atoms with van der Waals surface area (Å²) >= 11 is 0. The van der Waals surface area contributed by atoms with Gasteiger partial charge in [-0.1, -0.05) is 12.2 Å². The third kappa shape index (κ3) is 2.96. The Hall–Kier alpha value is -1.85. The van der Waals surface area contributed by atoms with E-state index >= 15 is 0 Å². The van der Waals surface area contributed by atoms with Crippen LogP contribution in [0.15, 0.2) is 12.2 Å². The molecule has 0 unspecified atom stereocenters. The van der Waals surface area contributed by atoms with Crippen molar-refractivity contribution in [3.05, 3.63) is 12.2 Å². The number of carbonyl (C=O) groups is 3. The van der Waals surface area contributed by atoms with Crippen LogP contribution < -0.4 is 10.9 Å². The SMILES string of the molecule is O=C(O)[C@H]1CC=CC[C@@H]1C(=O)NNC(=O)C12CC3CC(CC(C3)C1)C2. The Kier molecular flexibility index (Phi) is 4.08. The highest BCUT2D eigenvalue weighted by Crippen LogP contribution is 2.60. The number of aliphatic carboxylic acids is 1. The molecular formula is C19H26N2O4. The minimum atomic E-state index is -0.961. The normalized spacial score (nSPS) is 41.4. The maximum atomic E-state index is 12.8. The summed E-state index contributed by atoms with van der Waals surface area (Å²) in [4.78, 5) is 36.6. The van der Waals surface area contributed by atoms with Crippen LogP contribution in [0, 0.1) is 35.0 Å². The first-order chi connectivity index (χ1) is 12.0. The Bertz CT molecular complexity index is 592. The summed E-state index contributed by atoms with van der Waals surface area (Å²) < 4.78 is 0. The van der Waals surface area contributed by atoms with Gasteiger partial charge in [0.1, 0.15) is 0 Å². The molecule has 6 nitrogen and oxygen atoms in total. The molecule has 5 aliphatic carbocycles. The van der Waals surface area contributed by atoms with Crippen molar-refractivity contribution in [2.24, 2.45) is 35.0 Å². The van der Waals surface area contributed by atoms with E-state index in [0.717, 1.165) is 19.3 Å². The second kappa shape index (κ2) is 6.15. The number of rotatable bonds is 3. The highest BCUT2D eigenvalue weighted by molar-refractivity contribution is 5.89. The number of carboxylic acids is 1. The van der Waals surface area contributed by atoms with Gasteiger partial charge >= 0.3 is 5.97 Å². The Morgan fingerprint density at radius 3 is 1.88 bits per heavy atom. The van der Waals surface area contributed by atoms with Crippen LogP contribution in [-0.4, -0.2) is 22.9 Å². The lowest BCUT2D eigenvalue weighted by molar-refractivity contribution is -0.151. The van der Waals surface area contributed by atoms with Crippen molar-refractivity contribution in [3.63, 3.8) is 0 Å². The van der Waals surface area contributed by atoms with Gasteiger partial charge in [0.05, 0.1) is 17.3 Å². The Balaban J connectivity index is 1.38. The summed E-state index contributed by atoms with van der Waals surface area (Å²) in [5, 5.41) is 9.29. The van der Waals surface area contributed by atoms with Crippen LogP contribution in [0.1, 0.15) is 51.4 Å². The predicted octanol–water partition coefficient (Wildman–Crippen LogP) is 2.02. The highest BCUT2D eigenvalue weighted by atomic mass is 16.4. The summed E-state index contributed by atoms with van der Waals surface area (Å²) in [6.45, 7) is 0. The zero-order valence-electron chi connectivity index (χ0n) is 14.4. The number of carboxylic acid groups (broad SMARTS) is 1. The molecule has 0 aromatic rings. The summed E-state index contributed by atoms with van der Waals surface area (Å²) in [5.74, 6) is -0.793. The minimum absolute atomic E-state index is 0.0711. The molecule has 0 aliphatic heterocycles. The van der Waals surface area contributed by atoms with Crippen LogP contribution in [0.3, 0.4) is 0 Å². The largest absolute Gasteiger partial charge is 0.481 e. The number of allylic oxidation sites excluding steroid dienone is 2. The average Bonchev–Trinajstić information content (AvgIpc) is 2.58. The topological polar surface area (TPSA) is 95.5 Å². The van der Waals surface area contributed by atoms with E-state index in [4.69, 9.17) is 0 Å². The van der Waals surface area contributed by atoms with Crippen molar-refractivity contribution in [1.82, 2.24) is 10.9 Å². The molecule has 4 bridgehead atoms. The summed E-state index contributed by atoms with van der Waals surface area (Å²) in [7, 11) is 0. The molecule has 0 spiro atoms. The molecule has 5 aliphatic rings. The molecule has 4 fully saturated rings. The van der Waals surface area contributed by atoms with Crippen LogP contribution >= 0.6 is 0 Å². The molecule has 6 heteroatoms. The van der Waals surface area contributed by atoms with E-state index in [1.807, 2.05) is 6.08 Å². The van der Waals surface area contributed by atoms with Crippen molar-refractivity contribution in [2.75, 3.05) is 0 Å². The minimum Gasteiger partial charge on any atom is -0.481 e. The molecule has 2 amide bonds. The van der Waals surface area contributed by atoms with E-state index in [9.17, 15) is 19.5 Å². The maximum Gasteiger partial charge on any atom is 0.307 e. The van der Waals surface area contributed by atoms with E-state index in [-0.39, 0.29) is 11.3 Å². The van der Waals surface area contributed by atoms with Crippen LogP contribution in [0.4, 0.5) is 0 Å². The molecule has 3 N–H and O–H groups in total. The van der Waals surface area contributed by atoms with E-state index in [0.29, 0.717) is 30.6 Å². The number of carbonyl (C=O) groups excluding carboxylic acids is 2. The number of hydrogen-bond donors (Lipinski definition) is 3. The fourth-order valence-electron chi connectivity index (χ4n) is 6.11. The first-order valence-electron chi connectivity index (χ1n) is 9.45. The molecular weight excluding hydrogens is 320 g/mol. The van der Waals surface area contributed by atoms with Gasteiger partial charge in [0, 0.05) is 0 Å². The summed E-state index contributed by atoms with van der Waals surface area (Å²) in [6.07, 6.45) is 11.0. The smallest absolute Gasteiger partial charge is 0.307 e. The van der Waals surface area contributed by atoms with Gasteiger partial charge in [-0.25, -0.2) is 0 Å². The van der Waals surface area contributed by atoms with Crippen molar-refractivity contribution in [1.29, 1.82) is 0 Å². The van der Waals surface area contributed by atoms with Crippen molar-refractivity contribution >= 4 is 17.8 Å². The zero-order valence-corrected chi connectivity index (χ0v) is 14.4. The van der Waals surface area contributed by atoms with E-state index in [2.05, 4.69) is 10.9 Å². The molecule has 25 heavy (non-hydrogen) atoms. The lowest BCUT2D eigenvalue weighted by atomic mass is 9.49. The summed E-state index contributed by atoms with van der Waals surface area (Å²) in [6, 6.07) is 0. The first kappa shape index (κ1) is 16.6. The third-order valence-electron chi connectivity index (χ3n) is 6.91. The van der Waals surface area contributed by atoms with Crippen LogP contribution in [-0.2, 0) is 14.4 Å². The second-order valence-corrected chi connectivity index (χ2v) is 8.64. The van der Waals surface area contributed by atoms with Gasteiger partial charge in [0.25, 0.3) is 0 Å². The monoisotopic (exact) mass is 346 g/mol. The van der Waals surface area contributed by atoms with Crippen LogP contribution in [0.25, 0.3) is 0 Å². The number of amides is 2. The number of hydrazine groups is 1. The zero-order chi connectivity index (χ0) is 17.6. The van der Waals surface area contributed by atoms with Gasteiger partial charge in [0.15, 0.2) is 0 Å². The van der Waals surface area contributed by atoms with Gasteiger partial charge in [-0.15, -0.1) is 0 Å². The fourth-order valence-corrected chi connectivity index (χ4v) is 6.11. The van der Waals surface area contributed by atoms with Crippen molar-refractivity contribution in [2.45, 2.75) is 51.4 Å². The average molecular weight is 346 g/mol. The molecule has 0 heterocycles. The van der Waals surface area contributed by atoms with Crippen molar-refractivity contribution < 1.29 is 19.5 Å². The molecule has 0 saturated heterocycles. The molecule has 0 aromatic carbocycles. The molecule has 0 radical (unpaired) electrons. The lowest BCUT2D eigenvalue weighted by Crippen LogP contribution is -2.57. The fraction of sp³-hybridized carbons (Fsp3) is 0.737. The van der Waals surface area contributed by atoms with Gasteiger partial charge in [0.2, 0.25) is 11.8 Å². The molecule has 2 atom stereocenters. The Labute approximate surface area is 147 Å². The number of hydrogen-bond acceptors (Lipinski definition) is 3. The Morgan fingerprint density at radius 2 is 1.36 bits per heavy atom. The molecule has 0 aromatic heterocycles. The third-order valence-corrected chi connectivity index (χ3v) is 6.91. The molecule has 4 saturated carbocycles. The molecule has 136 valence electrons. The van der Waals surface area contributed by atoms with E-state index < -0.39 is 23.7 Å². The van der Waals surface area contributed by atoms with E-state index in [1.165, 1.54) is 19.3 Å². The van der Waals surface area contributed by atoms with E-state index in [1.54, 1.807) is 6.08 Å². The lowest BCUT2D eigenvalue weighted by Gasteiger charge is -2.55. The first-order valence-corrected chi connectivity index (χ1v) is 9.45. The molecule has 5 rings (SSSR count). The Morgan fingerprint density at radius 1 is 0.840 bits per heavy atom. The van der Waals surface area contributed by atoms with Crippen LogP contribution in [0.5, 0.6) is 0 Å². The van der Waals surface area contributed by atoms with Gasteiger partial charge < -0.3 is 5.11 Å². The number of nitrogens with one attached hydrogen (secondary N) is 2. The second-order valence-electron chi connectivity index (χ2n) is 8.64. The van der Waals surface area contributed by atoms with Crippen LogP contribution in [0.2, 0.25) is 0 Å². The highest BCUT2D eigenvalue weighted by Gasteiger charge is 2.54.